The van der Waals surface area contributed by atoms with Crippen LogP contribution in [0.3, 0.4) is 0 Å². The molecule has 0 aromatic rings. The van der Waals surface area contributed by atoms with Gasteiger partial charge in [0.25, 0.3) is 0 Å². The summed E-state index contributed by atoms with van der Waals surface area (Å²) in [4.78, 5) is 0. The van der Waals surface area contributed by atoms with Gasteiger partial charge in [-0.2, -0.15) is 0 Å². The van der Waals surface area contributed by atoms with Crippen molar-refractivity contribution in [3.63, 3.8) is 0 Å². The van der Waals surface area contributed by atoms with Gasteiger partial charge in [0.15, 0.2) is 0 Å². The third-order valence-electron chi connectivity index (χ3n) is 1.22. The van der Waals surface area contributed by atoms with Crippen LogP contribution in [0.2, 0.25) is 0 Å². The van der Waals surface area contributed by atoms with Gasteiger partial charge in [-0.05, 0) is 11.5 Å². The van der Waals surface area contributed by atoms with E-state index in [9.17, 15) is 0 Å². The summed E-state index contributed by atoms with van der Waals surface area (Å²) in [6, 6.07) is 0. The molecular weight excluding hydrogens is 132 g/mol. The molecule has 0 bridgehead atoms. The Hall–Kier alpha value is -1.04. The van der Waals surface area contributed by atoms with Crippen molar-refractivity contribution in [2.45, 2.75) is 13.8 Å². The molecule has 0 unspecified atom stereocenters. The van der Waals surface area contributed by atoms with E-state index in [2.05, 4.69) is 39.2 Å². The highest BCUT2D eigenvalue weighted by atomic mass is 13.9. The predicted molar refractivity (Wildman–Crippen MR) is 52.5 cm³/mol. The van der Waals surface area contributed by atoms with Crippen LogP contribution in [-0.4, -0.2) is 0 Å². The van der Waals surface area contributed by atoms with E-state index in [1.807, 2.05) is 12.2 Å². The molecule has 0 aliphatic rings. The molecule has 11 heavy (non-hydrogen) atoms. The standard InChI is InChI=1S/C11H16/c1-5-7-11(6-2)9-8-10(3)4/h5-10H,1-2H2,3-4H3/b9-8-,11-7-. The monoisotopic (exact) mass is 148 g/mol. The zero-order valence-electron chi connectivity index (χ0n) is 7.38. The van der Waals surface area contributed by atoms with E-state index < -0.39 is 0 Å². The van der Waals surface area contributed by atoms with E-state index in [0.29, 0.717) is 5.92 Å². The van der Waals surface area contributed by atoms with Gasteiger partial charge in [0.05, 0.1) is 0 Å². The van der Waals surface area contributed by atoms with E-state index in [0.717, 1.165) is 5.57 Å². The Kier molecular flexibility index (Phi) is 5.18. The highest BCUT2D eigenvalue weighted by molar-refractivity contribution is 5.32. The smallest absolute Gasteiger partial charge is 0.0266 e. The molecule has 0 heterocycles. The Morgan fingerprint density at radius 2 is 1.91 bits per heavy atom. The minimum absolute atomic E-state index is 0.586. The maximum atomic E-state index is 3.69. The van der Waals surface area contributed by atoms with Crippen molar-refractivity contribution in [2.75, 3.05) is 0 Å². The van der Waals surface area contributed by atoms with Gasteiger partial charge in [0.1, 0.15) is 0 Å². The third-order valence-corrected chi connectivity index (χ3v) is 1.22. The highest BCUT2D eigenvalue weighted by Crippen LogP contribution is 2.02. The van der Waals surface area contributed by atoms with E-state index >= 15 is 0 Å². The van der Waals surface area contributed by atoms with Crippen LogP contribution in [0.25, 0.3) is 0 Å². The molecule has 0 rings (SSSR count). The zero-order valence-corrected chi connectivity index (χ0v) is 7.38. The normalized spacial score (nSPS) is 12.5. The molecule has 0 nitrogen and oxygen atoms in total. The molecule has 0 aromatic carbocycles. The number of rotatable bonds is 4. The van der Waals surface area contributed by atoms with Crippen LogP contribution in [-0.2, 0) is 0 Å². The van der Waals surface area contributed by atoms with Gasteiger partial charge in [-0.3, -0.25) is 0 Å². The Morgan fingerprint density at radius 3 is 2.27 bits per heavy atom. The lowest BCUT2D eigenvalue weighted by atomic mass is 10.1. The van der Waals surface area contributed by atoms with Crippen molar-refractivity contribution < 1.29 is 0 Å². The predicted octanol–water partition coefficient (Wildman–Crippen LogP) is 3.50. The van der Waals surface area contributed by atoms with Gasteiger partial charge >= 0.3 is 0 Å². The van der Waals surface area contributed by atoms with Crippen molar-refractivity contribution in [2.24, 2.45) is 5.92 Å². The molecule has 0 spiro atoms. The number of hydrogen-bond acceptors (Lipinski definition) is 0. The Balaban J connectivity index is 4.18. The summed E-state index contributed by atoms with van der Waals surface area (Å²) in [6.07, 6.45) is 9.71. The summed E-state index contributed by atoms with van der Waals surface area (Å²) < 4.78 is 0. The van der Waals surface area contributed by atoms with Crippen LogP contribution in [0.4, 0.5) is 0 Å². The van der Waals surface area contributed by atoms with Crippen LogP contribution in [0, 0.1) is 5.92 Å². The Bertz CT molecular complexity index is 180. The molecule has 0 aliphatic carbocycles. The minimum Gasteiger partial charge on any atom is -0.0990 e. The minimum atomic E-state index is 0.586. The molecular formula is C11H16. The lowest BCUT2D eigenvalue weighted by Crippen LogP contribution is -1.77. The third kappa shape index (κ3) is 5.41. The largest absolute Gasteiger partial charge is 0.0990 e. The van der Waals surface area contributed by atoms with Crippen molar-refractivity contribution in [3.8, 4) is 0 Å². The van der Waals surface area contributed by atoms with E-state index in [1.54, 1.807) is 6.08 Å². The number of hydrogen-bond donors (Lipinski definition) is 0. The molecule has 0 aliphatic heterocycles. The fraction of sp³-hybridized carbons (Fsp3) is 0.273. The van der Waals surface area contributed by atoms with Crippen LogP contribution < -0.4 is 0 Å². The molecule has 0 aromatic heterocycles. The van der Waals surface area contributed by atoms with Gasteiger partial charge < -0.3 is 0 Å². The second-order valence-corrected chi connectivity index (χ2v) is 2.71. The van der Waals surface area contributed by atoms with Gasteiger partial charge in [0.2, 0.25) is 0 Å². The summed E-state index contributed by atoms with van der Waals surface area (Å²) >= 11 is 0. The van der Waals surface area contributed by atoms with Gasteiger partial charge in [-0.1, -0.05) is 57.4 Å². The first-order valence-electron chi connectivity index (χ1n) is 3.84. The van der Waals surface area contributed by atoms with Crippen molar-refractivity contribution >= 4 is 0 Å². The average Bonchev–Trinajstić information content (AvgIpc) is 1.97. The lowest BCUT2D eigenvalue weighted by molar-refractivity contribution is 0.831. The average molecular weight is 148 g/mol. The molecule has 0 N–H and O–H groups in total. The maximum absolute atomic E-state index is 3.69. The summed E-state index contributed by atoms with van der Waals surface area (Å²) in [7, 11) is 0. The fourth-order valence-corrected chi connectivity index (χ4v) is 0.631. The van der Waals surface area contributed by atoms with Crippen molar-refractivity contribution in [3.05, 3.63) is 49.1 Å². The molecule has 0 heteroatoms. The second-order valence-electron chi connectivity index (χ2n) is 2.71. The summed E-state index contributed by atoms with van der Waals surface area (Å²) in [5.74, 6) is 0.586. The van der Waals surface area contributed by atoms with Gasteiger partial charge in [0, 0.05) is 0 Å². The number of allylic oxidation sites excluding steroid dienone is 6. The van der Waals surface area contributed by atoms with Crippen LogP contribution in [0.5, 0.6) is 0 Å². The van der Waals surface area contributed by atoms with Crippen LogP contribution in [0.15, 0.2) is 49.1 Å². The van der Waals surface area contributed by atoms with Gasteiger partial charge in [-0.15, -0.1) is 0 Å². The maximum Gasteiger partial charge on any atom is -0.0266 e. The highest BCUT2D eigenvalue weighted by Gasteiger charge is 1.84. The Morgan fingerprint density at radius 1 is 1.27 bits per heavy atom. The second kappa shape index (κ2) is 5.72. The fourth-order valence-electron chi connectivity index (χ4n) is 0.631. The zero-order chi connectivity index (χ0) is 8.69. The molecule has 60 valence electrons. The van der Waals surface area contributed by atoms with Crippen LogP contribution >= 0.6 is 0 Å². The van der Waals surface area contributed by atoms with Crippen molar-refractivity contribution in [1.82, 2.24) is 0 Å². The molecule has 0 radical (unpaired) electrons. The van der Waals surface area contributed by atoms with E-state index in [1.165, 1.54) is 0 Å². The summed E-state index contributed by atoms with van der Waals surface area (Å²) in [5, 5.41) is 0. The molecule has 0 fully saturated rings. The molecule has 0 saturated heterocycles. The molecule has 0 amide bonds. The molecule has 0 saturated carbocycles. The van der Waals surface area contributed by atoms with E-state index in [4.69, 9.17) is 0 Å². The summed E-state index contributed by atoms with van der Waals surface area (Å²) in [6.45, 7) is 11.6. The van der Waals surface area contributed by atoms with Crippen LogP contribution in [0.1, 0.15) is 13.8 Å². The summed E-state index contributed by atoms with van der Waals surface area (Å²) in [5.41, 5.74) is 1.11. The first-order chi connectivity index (χ1) is 5.20. The first-order valence-corrected chi connectivity index (χ1v) is 3.84. The topological polar surface area (TPSA) is 0 Å². The van der Waals surface area contributed by atoms with Gasteiger partial charge in [-0.25, -0.2) is 0 Å². The SMILES string of the molecule is C=C/C=C(C=C)\C=C/C(C)C. The quantitative estimate of drug-likeness (QED) is 0.535. The Labute approximate surface area is 69.6 Å². The molecule has 0 atom stereocenters. The van der Waals surface area contributed by atoms with Crippen molar-refractivity contribution in [1.29, 1.82) is 0 Å². The lowest BCUT2D eigenvalue weighted by Gasteiger charge is -1.94. The first kappa shape index (κ1) is 9.96. The van der Waals surface area contributed by atoms with E-state index in [-0.39, 0.29) is 0 Å².